The average Bonchev–Trinajstić information content (AvgIpc) is 3.22. The van der Waals surface area contributed by atoms with Crippen molar-refractivity contribution in [1.82, 2.24) is 4.98 Å². The van der Waals surface area contributed by atoms with E-state index in [2.05, 4.69) is 10.3 Å². The molecule has 0 aliphatic carbocycles. The maximum Gasteiger partial charge on any atom is 0.300 e. The zero-order chi connectivity index (χ0) is 23.7. The summed E-state index contributed by atoms with van der Waals surface area (Å²) < 4.78 is 22.3. The molecule has 33 heavy (non-hydrogen) atoms. The van der Waals surface area contributed by atoms with Crippen molar-refractivity contribution in [3.63, 3.8) is 0 Å². The number of nitrogens with zero attached hydrogens (tertiary/aromatic N) is 1. The van der Waals surface area contributed by atoms with Crippen LogP contribution in [0.5, 0.6) is 17.2 Å². The van der Waals surface area contributed by atoms with Crippen molar-refractivity contribution in [3.8, 4) is 28.4 Å². The summed E-state index contributed by atoms with van der Waals surface area (Å²) >= 11 is 0. The van der Waals surface area contributed by atoms with Gasteiger partial charge in [-0.05, 0) is 42.7 Å². The van der Waals surface area contributed by atoms with Crippen LogP contribution in [0.4, 0.5) is 11.7 Å². The molecule has 1 heterocycles. The van der Waals surface area contributed by atoms with Crippen molar-refractivity contribution >= 4 is 28.7 Å². The largest absolute Gasteiger partial charge is 0.493 e. The molecule has 0 bridgehead atoms. The Bertz CT molecular complexity index is 1330. The zero-order valence-electron chi connectivity index (χ0n) is 19.1. The van der Waals surface area contributed by atoms with Crippen molar-refractivity contribution in [3.05, 3.63) is 59.2 Å². The second-order valence-electron chi connectivity index (χ2n) is 7.49. The number of oxazole rings is 1. The first kappa shape index (κ1) is 22.0. The van der Waals surface area contributed by atoms with Crippen LogP contribution in [-0.2, 0) is 0 Å². The van der Waals surface area contributed by atoms with Crippen molar-refractivity contribution < 1.29 is 23.4 Å². The van der Waals surface area contributed by atoms with Crippen LogP contribution in [0.2, 0.25) is 0 Å². The van der Waals surface area contributed by atoms with Crippen LogP contribution >= 0.6 is 0 Å². The normalized spacial score (nSPS) is 10.8. The highest BCUT2D eigenvalue weighted by Gasteiger charge is 2.18. The van der Waals surface area contributed by atoms with Gasteiger partial charge in [-0.25, -0.2) is 0 Å². The lowest BCUT2D eigenvalue weighted by molar-refractivity contribution is 0.0999. The molecule has 0 unspecified atom stereocenters. The number of amides is 1. The van der Waals surface area contributed by atoms with Gasteiger partial charge in [-0.2, -0.15) is 4.98 Å². The second kappa shape index (κ2) is 8.74. The lowest BCUT2D eigenvalue weighted by Gasteiger charge is -2.14. The molecule has 0 saturated carbocycles. The third kappa shape index (κ3) is 3.91. The minimum atomic E-state index is -0.447. The average molecular weight is 447 g/mol. The first-order chi connectivity index (χ1) is 15.9. The number of nitrogens with one attached hydrogen (secondary N) is 1. The van der Waals surface area contributed by atoms with E-state index in [1.807, 2.05) is 38.1 Å². The lowest BCUT2D eigenvalue weighted by atomic mass is 9.93. The monoisotopic (exact) mass is 447 g/mol. The van der Waals surface area contributed by atoms with Crippen LogP contribution < -0.4 is 25.3 Å². The highest BCUT2D eigenvalue weighted by atomic mass is 16.5. The van der Waals surface area contributed by atoms with Gasteiger partial charge in [0.05, 0.1) is 21.3 Å². The van der Waals surface area contributed by atoms with E-state index >= 15 is 0 Å². The smallest absolute Gasteiger partial charge is 0.300 e. The number of carbonyl (C=O) groups excluding carboxylic acids is 1. The lowest BCUT2D eigenvalue weighted by Crippen LogP contribution is -2.13. The third-order valence-electron chi connectivity index (χ3n) is 5.67. The molecule has 3 N–H and O–H groups in total. The first-order valence-electron chi connectivity index (χ1n) is 10.2. The minimum Gasteiger partial charge on any atom is -0.493 e. The Morgan fingerprint density at radius 1 is 0.939 bits per heavy atom. The van der Waals surface area contributed by atoms with E-state index in [-0.39, 0.29) is 0 Å². The Hall–Kier alpha value is -4.20. The third-order valence-corrected chi connectivity index (χ3v) is 5.67. The maximum absolute atomic E-state index is 11.7. The number of anilines is 2. The second-order valence-corrected chi connectivity index (χ2v) is 7.49. The van der Waals surface area contributed by atoms with Crippen LogP contribution in [0, 0.1) is 13.8 Å². The molecule has 0 spiro atoms. The Morgan fingerprint density at radius 3 is 2.24 bits per heavy atom. The Labute approximate surface area is 191 Å². The van der Waals surface area contributed by atoms with Crippen molar-refractivity contribution in [2.24, 2.45) is 5.73 Å². The summed E-state index contributed by atoms with van der Waals surface area (Å²) in [5.74, 6) is 1.07. The standard InChI is InChI=1S/C25H25N3O5/c1-13-14(2)17(24(26)29)10-9-16(13)18-7-6-8-19-22(18)33-25(28-19)27-15-11-20(30-3)23(32-5)21(12-15)31-4/h6-12H,1-5H3,(H2,26,29)(H,27,28). The number of hydrogen-bond donors (Lipinski definition) is 2. The van der Waals surface area contributed by atoms with E-state index in [0.717, 1.165) is 22.3 Å². The van der Waals surface area contributed by atoms with Crippen molar-refractivity contribution in [2.75, 3.05) is 26.6 Å². The van der Waals surface area contributed by atoms with Crippen LogP contribution in [-0.4, -0.2) is 32.2 Å². The van der Waals surface area contributed by atoms with Crippen LogP contribution in [0.15, 0.2) is 46.9 Å². The molecule has 0 aliphatic heterocycles. The Morgan fingerprint density at radius 2 is 1.64 bits per heavy atom. The minimum absolute atomic E-state index is 0.315. The molecular formula is C25H25N3O5. The summed E-state index contributed by atoms with van der Waals surface area (Å²) in [6, 6.07) is 13.2. The number of fused-ring (bicyclic) bond motifs is 1. The molecule has 0 radical (unpaired) electrons. The summed E-state index contributed by atoms with van der Waals surface area (Å²) in [6.45, 7) is 3.85. The van der Waals surface area contributed by atoms with Gasteiger partial charge >= 0.3 is 0 Å². The van der Waals surface area contributed by atoms with E-state index in [4.69, 9.17) is 24.4 Å². The quantitative estimate of drug-likeness (QED) is 0.411. The molecule has 3 aromatic carbocycles. The van der Waals surface area contributed by atoms with Crippen molar-refractivity contribution in [1.29, 1.82) is 0 Å². The van der Waals surface area contributed by atoms with E-state index in [1.165, 1.54) is 0 Å². The van der Waals surface area contributed by atoms with Gasteiger partial charge in [0.25, 0.3) is 6.01 Å². The van der Waals surface area contributed by atoms with Crippen molar-refractivity contribution in [2.45, 2.75) is 13.8 Å². The van der Waals surface area contributed by atoms with Crippen LogP contribution in [0.1, 0.15) is 21.5 Å². The molecule has 0 fully saturated rings. The van der Waals surface area contributed by atoms with Gasteiger partial charge in [0.15, 0.2) is 17.1 Å². The molecule has 170 valence electrons. The Kier molecular flexibility index (Phi) is 5.83. The molecule has 4 aromatic rings. The van der Waals surface area contributed by atoms with E-state index in [0.29, 0.717) is 45.6 Å². The summed E-state index contributed by atoms with van der Waals surface area (Å²) in [6.07, 6.45) is 0. The highest BCUT2D eigenvalue weighted by molar-refractivity contribution is 5.97. The van der Waals surface area contributed by atoms with Gasteiger partial charge in [0.1, 0.15) is 5.52 Å². The van der Waals surface area contributed by atoms with Gasteiger partial charge in [0, 0.05) is 28.9 Å². The van der Waals surface area contributed by atoms with Crippen LogP contribution in [0.25, 0.3) is 22.2 Å². The van der Waals surface area contributed by atoms with Gasteiger partial charge in [-0.15, -0.1) is 0 Å². The molecule has 8 heteroatoms. The van der Waals surface area contributed by atoms with Crippen LogP contribution in [0.3, 0.4) is 0 Å². The number of ether oxygens (including phenoxy) is 3. The summed E-state index contributed by atoms with van der Waals surface area (Å²) in [7, 11) is 4.66. The molecule has 8 nitrogen and oxygen atoms in total. The van der Waals surface area contributed by atoms with Gasteiger partial charge in [-0.1, -0.05) is 18.2 Å². The highest BCUT2D eigenvalue weighted by Crippen LogP contribution is 2.41. The predicted octanol–water partition coefficient (Wildman–Crippen LogP) is 4.98. The molecule has 0 atom stereocenters. The summed E-state index contributed by atoms with van der Waals surface area (Å²) in [5.41, 5.74) is 11.6. The summed E-state index contributed by atoms with van der Waals surface area (Å²) in [5, 5.41) is 3.17. The molecule has 0 saturated heterocycles. The van der Waals surface area contributed by atoms with E-state index < -0.39 is 5.91 Å². The number of rotatable bonds is 7. The predicted molar refractivity (Wildman–Crippen MR) is 127 cm³/mol. The van der Waals surface area contributed by atoms with Gasteiger partial charge in [0.2, 0.25) is 11.7 Å². The number of benzene rings is 3. The molecule has 1 amide bonds. The zero-order valence-corrected chi connectivity index (χ0v) is 19.1. The number of primary amides is 1. The number of methoxy groups -OCH3 is 3. The van der Waals surface area contributed by atoms with Gasteiger partial charge in [-0.3, -0.25) is 4.79 Å². The Balaban J connectivity index is 1.77. The van der Waals surface area contributed by atoms with E-state index in [9.17, 15) is 4.79 Å². The maximum atomic E-state index is 11.7. The number of carbonyl (C=O) groups is 1. The number of hydrogen-bond acceptors (Lipinski definition) is 7. The number of para-hydroxylation sites is 1. The SMILES string of the molecule is COc1cc(Nc2nc3cccc(-c4ccc(C(N)=O)c(C)c4C)c3o2)cc(OC)c1OC. The number of nitrogens with two attached hydrogens (primary N) is 1. The summed E-state index contributed by atoms with van der Waals surface area (Å²) in [4.78, 5) is 16.3. The molecule has 4 rings (SSSR count). The topological polar surface area (TPSA) is 109 Å². The fraction of sp³-hybridized carbons (Fsp3) is 0.200. The molecular weight excluding hydrogens is 422 g/mol. The molecule has 0 aliphatic rings. The fourth-order valence-corrected chi connectivity index (χ4v) is 3.87. The van der Waals surface area contributed by atoms with Gasteiger partial charge < -0.3 is 29.7 Å². The van der Waals surface area contributed by atoms with E-state index in [1.54, 1.807) is 39.5 Å². The fourth-order valence-electron chi connectivity index (χ4n) is 3.87. The number of aromatic nitrogens is 1. The molecule has 1 aromatic heterocycles. The first-order valence-corrected chi connectivity index (χ1v) is 10.2.